The van der Waals surface area contributed by atoms with E-state index in [1.807, 2.05) is 24.3 Å². The van der Waals surface area contributed by atoms with Gasteiger partial charge in [0.1, 0.15) is 12.0 Å². The zero-order valence-electron chi connectivity index (χ0n) is 9.74. The van der Waals surface area contributed by atoms with Crippen LogP contribution in [0.1, 0.15) is 37.7 Å². The molecule has 0 spiro atoms. The van der Waals surface area contributed by atoms with E-state index < -0.39 is 0 Å². The Morgan fingerprint density at radius 3 is 2.50 bits per heavy atom. The molecule has 2 heteroatoms. The molecule has 0 atom stereocenters. The quantitative estimate of drug-likeness (QED) is 0.729. The van der Waals surface area contributed by atoms with E-state index in [2.05, 4.69) is 0 Å². The number of methoxy groups -OCH3 is 1. The molecule has 1 fully saturated rings. The van der Waals surface area contributed by atoms with Gasteiger partial charge in [0.05, 0.1) is 12.5 Å². The van der Waals surface area contributed by atoms with Gasteiger partial charge in [-0.25, -0.2) is 0 Å². The molecule has 0 heterocycles. The maximum Gasteiger partial charge on any atom is 0.130 e. The van der Waals surface area contributed by atoms with Crippen LogP contribution in [0.5, 0.6) is 5.75 Å². The maximum atomic E-state index is 11.5. The molecule has 1 aromatic rings. The Labute approximate surface area is 96.6 Å². The summed E-state index contributed by atoms with van der Waals surface area (Å²) in [5.74, 6) is 0.844. The number of aldehydes is 1. The first kappa shape index (κ1) is 11.2. The van der Waals surface area contributed by atoms with Crippen molar-refractivity contribution in [3.63, 3.8) is 0 Å². The fraction of sp³-hybridized carbons (Fsp3) is 0.500. The average Bonchev–Trinajstić information content (AvgIpc) is 2.39. The summed E-state index contributed by atoms with van der Waals surface area (Å²) in [5, 5.41) is 0. The van der Waals surface area contributed by atoms with Gasteiger partial charge in [-0.2, -0.15) is 0 Å². The van der Waals surface area contributed by atoms with Gasteiger partial charge in [0, 0.05) is 5.56 Å². The molecular weight excluding hydrogens is 200 g/mol. The Balaban J connectivity index is 2.42. The van der Waals surface area contributed by atoms with Crippen molar-refractivity contribution in [3.8, 4) is 5.75 Å². The van der Waals surface area contributed by atoms with Crippen molar-refractivity contribution in [2.45, 2.75) is 37.5 Å². The lowest BCUT2D eigenvalue weighted by molar-refractivity contribution is -0.113. The highest BCUT2D eigenvalue weighted by atomic mass is 16.5. The number of benzene rings is 1. The number of rotatable bonds is 3. The van der Waals surface area contributed by atoms with Crippen LogP contribution in [0.3, 0.4) is 0 Å². The third-order valence-corrected chi connectivity index (χ3v) is 3.61. The van der Waals surface area contributed by atoms with Crippen LogP contribution in [0.15, 0.2) is 24.3 Å². The van der Waals surface area contributed by atoms with Gasteiger partial charge in [-0.05, 0) is 18.9 Å². The van der Waals surface area contributed by atoms with Crippen molar-refractivity contribution in [1.29, 1.82) is 0 Å². The van der Waals surface area contributed by atoms with Crippen LogP contribution in [0.2, 0.25) is 0 Å². The third kappa shape index (κ3) is 1.84. The number of hydrogen-bond donors (Lipinski definition) is 0. The van der Waals surface area contributed by atoms with E-state index in [-0.39, 0.29) is 5.41 Å². The monoisotopic (exact) mass is 218 g/mol. The molecule has 2 rings (SSSR count). The predicted molar refractivity (Wildman–Crippen MR) is 63.8 cm³/mol. The molecule has 16 heavy (non-hydrogen) atoms. The zero-order chi connectivity index (χ0) is 11.4. The Bertz CT molecular complexity index is 365. The van der Waals surface area contributed by atoms with E-state index in [0.717, 1.165) is 43.3 Å². The number of ether oxygens (including phenoxy) is 1. The second kappa shape index (κ2) is 4.69. The molecule has 0 aromatic heterocycles. The number of para-hydroxylation sites is 1. The highest BCUT2D eigenvalue weighted by Gasteiger charge is 2.35. The molecule has 2 nitrogen and oxygen atoms in total. The van der Waals surface area contributed by atoms with Gasteiger partial charge in [-0.1, -0.05) is 37.5 Å². The van der Waals surface area contributed by atoms with Crippen LogP contribution < -0.4 is 4.74 Å². The molecular formula is C14H18O2. The van der Waals surface area contributed by atoms with Crippen molar-refractivity contribution in [3.05, 3.63) is 29.8 Å². The topological polar surface area (TPSA) is 26.3 Å². The molecule has 0 aliphatic heterocycles. The second-order valence-electron chi connectivity index (χ2n) is 4.53. The standard InChI is InChI=1S/C14H18O2/c1-16-13-8-4-3-7-12(13)14(11-15)9-5-2-6-10-14/h3-4,7-8,11H,2,5-6,9-10H2,1H3. The Hall–Kier alpha value is -1.31. The number of hydrogen-bond acceptors (Lipinski definition) is 2. The summed E-state index contributed by atoms with van der Waals surface area (Å²) in [4.78, 5) is 11.5. The Morgan fingerprint density at radius 2 is 1.88 bits per heavy atom. The first-order valence-electron chi connectivity index (χ1n) is 5.92. The van der Waals surface area contributed by atoms with Gasteiger partial charge in [-0.3, -0.25) is 0 Å². The summed E-state index contributed by atoms with van der Waals surface area (Å²) in [7, 11) is 1.67. The largest absolute Gasteiger partial charge is 0.496 e. The molecule has 1 saturated carbocycles. The van der Waals surface area contributed by atoms with Gasteiger partial charge in [0.2, 0.25) is 0 Å². The summed E-state index contributed by atoms with van der Waals surface area (Å²) in [6.45, 7) is 0. The minimum atomic E-state index is -0.301. The maximum absolute atomic E-state index is 11.5. The smallest absolute Gasteiger partial charge is 0.130 e. The molecule has 86 valence electrons. The number of carbonyl (C=O) groups excluding carboxylic acids is 1. The highest BCUT2D eigenvalue weighted by molar-refractivity contribution is 5.70. The minimum absolute atomic E-state index is 0.301. The molecule has 1 aromatic carbocycles. The lowest BCUT2D eigenvalue weighted by Gasteiger charge is -2.33. The molecule has 0 unspecified atom stereocenters. The predicted octanol–water partition coefficient (Wildman–Crippen LogP) is 3.10. The highest BCUT2D eigenvalue weighted by Crippen LogP contribution is 2.41. The summed E-state index contributed by atoms with van der Waals surface area (Å²) >= 11 is 0. The Kier molecular flexibility index (Phi) is 3.28. The van der Waals surface area contributed by atoms with Gasteiger partial charge in [-0.15, -0.1) is 0 Å². The van der Waals surface area contributed by atoms with Gasteiger partial charge in [0.15, 0.2) is 0 Å². The van der Waals surface area contributed by atoms with Crippen LogP contribution in [0, 0.1) is 0 Å². The van der Waals surface area contributed by atoms with Crippen LogP contribution in [-0.2, 0) is 10.2 Å². The lowest BCUT2D eigenvalue weighted by atomic mass is 9.70. The SMILES string of the molecule is COc1ccccc1C1(C=O)CCCCC1. The van der Waals surface area contributed by atoms with Crippen molar-refractivity contribution < 1.29 is 9.53 Å². The zero-order valence-corrected chi connectivity index (χ0v) is 9.74. The van der Waals surface area contributed by atoms with Crippen LogP contribution in [0.25, 0.3) is 0 Å². The van der Waals surface area contributed by atoms with Crippen LogP contribution >= 0.6 is 0 Å². The van der Waals surface area contributed by atoms with Gasteiger partial charge < -0.3 is 9.53 Å². The molecule has 0 bridgehead atoms. The normalized spacial score (nSPS) is 19.1. The molecule has 1 aliphatic carbocycles. The van der Waals surface area contributed by atoms with Crippen molar-refractivity contribution in [2.24, 2.45) is 0 Å². The summed E-state index contributed by atoms with van der Waals surface area (Å²) in [6.07, 6.45) is 6.55. The first-order chi connectivity index (χ1) is 7.82. The van der Waals surface area contributed by atoms with Crippen molar-refractivity contribution >= 4 is 6.29 Å². The van der Waals surface area contributed by atoms with E-state index in [1.165, 1.54) is 6.42 Å². The van der Waals surface area contributed by atoms with Crippen molar-refractivity contribution in [1.82, 2.24) is 0 Å². The summed E-state index contributed by atoms with van der Waals surface area (Å²) < 4.78 is 5.37. The number of carbonyl (C=O) groups is 1. The van der Waals surface area contributed by atoms with Gasteiger partial charge >= 0.3 is 0 Å². The van der Waals surface area contributed by atoms with Crippen molar-refractivity contribution in [2.75, 3.05) is 7.11 Å². The fourth-order valence-electron chi connectivity index (χ4n) is 2.69. The minimum Gasteiger partial charge on any atom is -0.496 e. The van der Waals surface area contributed by atoms with E-state index in [1.54, 1.807) is 7.11 Å². The molecule has 0 radical (unpaired) electrons. The Morgan fingerprint density at radius 1 is 1.19 bits per heavy atom. The van der Waals surface area contributed by atoms with E-state index in [4.69, 9.17) is 4.74 Å². The van der Waals surface area contributed by atoms with Crippen LogP contribution in [-0.4, -0.2) is 13.4 Å². The van der Waals surface area contributed by atoms with E-state index in [9.17, 15) is 4.79 Å². The van der Waals surface area contributed by atoms with E-state index >= 15 is 0 Å². The molecule has 0 N–H and O–H groups in total. The van der Waals surface area contributed by atoms with Gasteiger partial charge in [0.25, 0.3) is 0 Å². The third-order valence-electron chi connectivity index (χ3n) is 3.61. The molecule has 0 amide bonds. The van der Waals surface area contributed by atoms with E-state index in [0.29, 0.717) is 0 Å². The fourth-order valence-corrected chi connectivity index (χ4v) is 2.69. The lowest BCUT2D eigenvalue weighted by Crippen LogP contribution is -2.31. The van der Waals surface area contributed by atoms with Crippen LogP contribution in [0.4, 0.5) is 0 Å². The summed E-state index contributed by atoms with van der Waals surface area (Å²) in [5.41, 5.74) is 0.761. The summed E-state index contributed by atoms with van der Waals surface area (Å²) in [6, 6.07) is 7.90. The molecule has 0 saturated heterocycles. The first-order valence-corrected chi connectivity index (χ1v) is 5.92. The second-order valence-corrected chi connectivity index (χ2v) is 4.53. The average molecular weight is 218 g/mol. The molecule has 1 aliphatic rings.